The van der Waals surface area contributed by atoms with E-state index >= 15 is 0 Å². The molecule has 1 atom stereocenters. The summed E-state index contributed by atoms with van der Waals surface area (Å²) >= 11 is 0. The van der Waals surface area contributed by atoms with E-state index in [1.54, 1.807) is 0 Å². The molecule has 3 nitrogen and oxygen atoms in total. The van der Waals surface area contributed by atoms with E-state index in [1.807, 2.05) is 25.2 Å². The van der Waals surface area contributed by atoms with Crippen LogP contribution in [0, 0.1) is 0 Å². The number of benzene rings is 1. The summed E-state index contributed by atoms with van der Waals surface area (Å²) in [6.07, 6.45) is 5.46. The van der Waals surface area contributed by atoms with Crippen molar-refractivity contribution in [3.05, 3.63) is 36.1 Å². The molecule has 3 heteroatoms. The van der Waals surface area contributed by atoms with Gasteiger partial charge in [-0.25, -0.2) is 0 Å². The summed E-state index contributed by atoms with van der Waals surface area (Å²) in [6, 6.07) is 10.3. The summed E-state index contributed by atoms with van der Waals surface area (Å²) < 4.78 is 11.9. The van der Waals surface area contributed by atoms with Gasteiger partial charge in [-0.05, 0) is 32.0 Å². The van der Waals surface area contributed by atoms with Crippen LogP contribution in [0.15, 0.2) is 34.7 Å². The van der Waals surface area contributed by atoms with E-state index in [0.29, 0.717) is 12.7 Å². The lowest BCUT2D eigenvalue weighted by Gasteiger charge is -2.17. The minimum absolute atomic E-state index is 0.132. The third-order valence-corrected chi connectivity index (χ3v) is 3.94. The number of hydrogen-bond acceptors (Lipinski definition) is 3. The van der Waals surface area contributed by atoms with Crippen LogP contribution in [0.1, 0.15) is 37.5 Å². The molecule has 1 aromatic carbocycles. The van der Waals surface area contributed by atoms with E-state index in [2.05, 4.69) is 17.4 Å². The first-order valence-electron chi connectivity index (χ1n) is 7.14. The SMILES string of the molecule is CNC(COC1CCCC1)c1cc2ccccc2o1. The number of nitrogens with one attached hydrogen (secondary N) is 1. The first-order chi connectivity index (χ1) is 9.36. The fourth-order valence-corrected chi connectivity index (χ4v) is 2.77. The third-order valence-electron chi connectivity index (χ3n) is 3.94. The highest BCUT2D eigenvalue weighted by Gasteiger charge is 2.20. The Kier molecular flexibility index (Phi) is 3.85. The third kappa shape index (κ3) is 2.82. The van der Waals surface area contributed by atoms with Gasteiger partial charge >= 0.3 is 0 Å². The highest BCUT2D eigenvalue weighted by molar-refractivity contribution is 5.77. The summed E-state index contributed by atoms with van der Waals surface area (Å²) in [4.78, 5) is 0. The number of fused-ring (bicyclic) bond motifs is 1. The Morgan fingerprint density at radius 3 is 2.84 bits per heavy atom. The van der Waals surface area contributed by atoms with Gasteiger partial charge in [-0.15, -0.1) is 0 Å². The maximum atomic E-state index is 5.98. The molecular formula is C16H21NO2. The first-order valence-corrected chi connectivity index (χ1v) is 7.14. The second-order valence-corrected chi connectivity index (χ2v) is 5.27. The Bertz CT molecular complexity index is 495. The number of ether oxygens (including phenoxy) is 1. The second kappa shape index (κ2) is 5.76. The quantitative estimate of drug-likeness (QED) is 0.890. The smallest absolute Gasteiger partial charge is 0.134 e. The fraction of sp³-hybridized carbons (Fsp3) is 0.500. The molecule has 19 heavy (non-hydrogen) atoms. The van der Waals surface area contributed by atoms with Crippen LogP contribution >= 0.6 is 0 Å². The minimum Gasteiger partial charge on any atom is -0.459 e. The molecule has 0 bridgehead atoms. The van der Waals surface area contributed by atoms with Crippen LogP contribution in [0.5, 0.6) is 0 Å². The summed E-state index contributed by atoms with van der Waals surface area (Å²) in [7, 11) is 1.95. The Balaban J connectivity index is 1.69. The summed E-state index contributed by atoms with van der Waals surface area (Å²) in [6.45, 7) is 0.682. The van der Waals surface area contributed by atoms with Gasteiger partial charge in [0, 0.05) is 5.39 Å². The number of furan rings is 1. The molecule has 0 amide bonds. The maximum Gasteiger partial charge on any atom is 0.134 e. The van der Waals surface area contributed by atoms with Gasteiger partial charge < -0.3 is 14.5 Å². The Labute approximate surface area is 113 Å². The summed E-state index contributed by atoms with van der Waals surface area (Å²) in [5.74, 6) is 0.960. The van der Waals surface area contributed by atoms with Gasteiger partial charge in [0.15, 0.2) is 0 Å². The minimum atomic E-state index is 0.132. The molecule has 2 aromatic rings. The lowest BCUT2D eigenvalue weighted by molar-refractivity contribution is 0.0405. The standard InChI is InChI=1S/C16H21NO2/c1-17-14(11-18-13-7-3-4-8-13)16-10-12-6-2-5-9-15(12)19-16/h2,5-6,9-10,13-14,17H,3-4,7-8,11H2,1H3. The Morgan fingerprint density at radius 1 is 1.32 bits per heavy atom. The van der Waals surface area contributed by atoms with Crippen molar-refractivity contribution in [1.29, 1.82) is 0 Å². The molecule has 1 aliphatic rings. The summed E-state index contributed by atoms with van der Waals surface area (Å²) in [5.41, 5.74) is 0.943. The molecule has 1 aliphatic carbocycles. The highest BCUT2D eigenvalue weighted by atomic mass is 16.5. The van der Waals surface area contributed by atoms with Crippen molar-refractivity contribution in [2.75, 3.05) is 13.7 Å². The molecule has 1 aromatic heterocycles. The summed E-state index contributed by atoms with van der Waals surface area (Å²) in [5, 5.41) is 4.44. The van der Waals surface area contributed by atoms with Gasteiger partial charge in [0.1, 0.15) is 11.3 Å². The van der Waals surface area contributed by atoms with E-state index in [4.69, 9.17) is 9.15 Å². The molecule has 0 aliphatic heterocycles. The Hall–Kier alpha value is -1.32. The van der Waals surface area contributed by atoms with Crippen LogP contribution in [0.4, 0.5) is 0 Å². The van der Waals surface area contributed by atoms with Crippen molar-refractivity contribution >= 4 is 11.0 Å². The molecule has 102 valence electrons. The average molecular weight is 259 g/mol. The van der Waals surface area contributed by atoms with Gasteiger partial charge in [-0.3, -0.25) is 0 Å². The molecule has 0 radical (unpaired) electrons. The average Bonchev–Trinajstić information content (AvgIpc) is 3.08. The van der Waals surface area contributed by atoms with Crippen LogP contribution in [-0.4, -0.2) is 19.8 Å². The van der Waals surface area contributed by atoms with E-state index in [1.165, 1.54) is 25.7 Å². The van der Waals surface area contributed by atoms with Crippen LogP contribution < -0.4 is 5.32 Å². The van der Waals surface area contributed by atoms with E-state index in [0.717, 1.165) is 16.7 Å². The zero-order valence-corrected chi connectivity index (χ0v) is 11.4. The van der Waals surface area contributed by atoms with E-state index in [-0.39, 0.29) is 6.04 Å². The fourth-order valence-electron chi connectivity index (χ4n) is 2.77. The molecule has 1 heterocycles. The van der Waals surface area contributed by atoms with Crippen LogP contribution in [-0.2, 0) is 4.74 Å². The zero-order chi connectivity index (χ0) is 13.1. The van der Waals surface area contributed by atoms with Gasteiger partial charge in [0.2, 0.25) is 0 Å². The van der Waals surface area contributed by atoms with Gasteiger partial charge in [0.25, 0.3) is 0 Å². The number of rotatable bonds is 5. The highest BCUT2D eigenvalue weighted by Crippen LogP contribution is 2.26. The van der Waals surface area contributed by atoms with Gasteiger partial charge in [-0.2, -0.15) is 0 Å². The predicted molar refractivity (Wildman–Crippen MR) is 76.2 cm³/mol. The largest absolute Gasteiger partial charge is 0.459 e. The molecule has 1 unspecified atom stereocenters. The van der Waals surface area contributed by atoms with Crippen LogP contribution in [0.3, 0.4) is 0 Å². The van der Waals surface area contributed by atoms with Gasteiger partial charge in [0.05, 0.1) is 18.8 Å². The van der Waals surface area contributed by atoms with Crippen LogP contribution in [0.2, 0.25) is 0 Å². The number of hydrogen-bond donors (Lipinski definition) is 1. The second-order valence-electron chi connectivity index (χ2n) is 5.27. The molecule has 1 N–H and O–H groups in total. The lowest BCUT2D eigenvalue weighted by atomic mass is 10.2. The van der Waals surface area contributed by atoms with Crippen LogP contribution in [0.25, 0.3) is 11.0 Å². The van der Waals surface area contributed by atoms with Crippen molar-refractivity contribution in [2.24, 2.45) is 0 Å². The zero-order valence-electron chi connectivity index (χ0n) is 11.4. The van der Waals surface area contributed by atoms with Crippen molar-refractivity contribution in [1.82, 2.24) is 5.32 Å². The normalized spacial score (nSPS) is 18.2. The molecule has 0 spiro atoms. The van der Waals surface area contributed by atoms with Crippen molar-refractivity contribution in [3.8, 4) is 0 Å². The molecular weight excluding hydrogens is 238 g/mol. The molecule has 1 fully saturated rings. The topological polar surface area (TPSA) is 34.4 Å². The molecule has 0 saturated heterocycles. The number of likely N-dealkylation sites (N-methyl/N-ethyl adjacent to an activating group) is 1. The van der Waals surface area contributed by atoms with E-state index in [9.17, 15) is 0 Å². The first kappa shape index (κ1) is 12.7. The monoisotopic (exact) mass is 259 g/mol. The van der Waals surface area contributed by atoms with Crippen molar-refractivity contribution in [2.45, 2.75) is 37.8 Å². The Morgan fingerprint density at radius 2 is 2.11 bits per heavy atom. The molecule has 1 saturated carbocycles. The maximum absolute atomic E-state index is 5.98. The number of para-hydroxylation sites is 1. The van der Waals surface area contributed by atoms with E-state index < -0.39 is 0 Å². The van der Waals surface area contributed by atoms with Crippen molar-refractivity contribution < 1.29 is 9.15 Å². The lowest BCUT2D eigenvalue weighted by Crippen LogP contribution is -2.23. The predicted octanol–water partition coefficient (Wildman–Crippen LogP) is 3.65. The van der Waals surface area contributed by atoms with Gasteiger partial charge in [-0.1, -0.05) is 31.0 Å². The molecule has 3 rings (SSSR count). The van der Waals surface area contributed by atoms with Crippen molar-refractivity contribution in [3.63, 3.8) is 0 Å².